The Kier molecular flexibility index (Phi) is 4.41. The summed E-state index contributed by atoms with van der Waals surface area (Å²) in [5.41, 5.74) is 0. The van der Waals surface area contributed by atoms with Gasteiger partial charge in [0.25, 0.3) is 9.05 Å². The van der Waals surface area contributed by atoms with Crippen LogP contribution >= 0.6 is 10.7 Å². The molecule has 1 aliphatic carbocycles. The maximum atomic E-state index is 11.1. The maximum absolute atomic E-state index is 11.1. The van der Waals surface area contributed by atoms with Crippen LogP contribution in [0.4, 0.5) is 0 Å². The lowest BCUT2D eigenvalue weighted by atomic mass is 9.80. The summed E-state index contributed by atoms with van der Waals surface area (Å²) in [7, 11) is 1.62. The van der Waals surface area contributed by atoms with E-state index >= 15 is 0 Å². The van der Waals surface area contributed by atoms with Crippen LogP contribution in [0.15, 0.2) is 29.2 Å². The minimum Gasteiger partial charge on any atom is -0.490 e. The third-order valence-electron chi connectivity index (χ3n) is 3.96. The zero-order chi connectivity index (χ0) is 14.0. The molecule has 0 heterocycles. The van der Waals surface area contributed by atoms with Crippen molar-refractivity contribution in [3.8, 4) is 5.75 Å². The quantitative estimate of drug-likeness (QED) is 0.797. The topological polar surface area (TPSA) is 43.4 Å². The summed E-state index contributed by atoms with van der Waals surface area (Å²) < 4.78 is 28.2. The van der Waals surface area contributed by atoms with Crippen molar-refractivity contribution in [2.24, 2.45) is 11.8 Å². The minimum absolute atomic E-state index is 0.104. The van der Waals surface area contributed by atoms with Gasteiger partial charge in [-0.3, -0.25) is 0 Å². The van der Waals surface area contributed by atoms with Crippen LogP contribution in [0.5, 0.6) is 5.75 Å². The Hall–Kier alpha value is -0.740. The van der Waals surface area contributed by atoms with E-state index in [1.54, 1.807) is 12.1 Å². The van der Waals surface area contributed by atoms with E-state index in [-0.39, 0.29) is 11.0 Å². The molecule has 1 aromatic rings. The maximum Gasteiger partial charge on any atom is 0.261 e. The molecule has 1 fully saturated rings. The predicted molar refractivity (Wildman–Crippen MR) is 76.1 cm³/mol. The molecule has 19 heavy (non-hydrogen) atoms. The van der Waals surface area contributed by atoms with E-state index in [1.165, 1.54) is 18.6 Å². The molecule has 0 spiro atoms. The molecular formula is C14H19ClO3S. The zero-order valence-corrected chi connectivity index (χ0v) is 12.7. The molecule has 1 aliphatic rings. The van der Waals surface area contributed by atoms with Gasteiger partial charge in [0.1, 0.15) is 5.75 Å². The van der Waals surface area contributed by atoms with E-state index in [2.05, 4.69) is 13.8 Å². The molecule has 0 radical (unpaired) electrons. The lowest BCUT2D eigenvalue weighted by Gasteiger charge is -2.32. The normalized spacial score (nSPS) is 28.1. The first-order valence-electron chi connectivity index (χ1n) is 6.57. The monoisotopic (exact) mass is 302 g/mol. The second kappa shape index (κ2) is 5.71. The molecule has 0 saturated heterocycles. The van der Waals surface area contributed by atoms with Gasteiger partial charge in [-0.2, -0.15) is 0 Å². The summed E-state index contributed by atoms with van der Waals surface area (Å²) in [5.74, 6) is 2.13. The minimum atomic E-state index is -3.65. The van der Waals surface area contributed by atoms with E-state index in [1.807, 2.05) is 0 Å². The fraction of sp³-hybridized carbons (Fsp3) is 0.571. The number of hydrogen-bond donors (Lipinski definition) is 0. The number of hydrogen-bond acceptors (Lipinski definition) is 3. The number of rotatable bonds is 3. The zero-order valence-electron chi connectivity index (χ0n) is 11.2. The summed E-state index contributed by atoms with van der Waals surface area (Å²) in [5, 5.41) is 0. The van der Waals surface area contributed by atoms with Crippen LogP contribution in [0, 0.1) is 11.8 Å². The fourth-order valence-electron chi connectivity index (χ4n) is 2.48. The summed E-state index contributed by atoms with van der Waals surface area (Å²) in [4.78, 5) is 0.104. The van der Waals surface area contributed by atoms with E-state index in [4.69, 9.17) is 15.4 Å². The SMILES string of the molecule is CC1CCC(Oc2ccc(S(=O)(=O)Cl)cc2)CC1C. The largest absolute Gasteiger partial charge is 0.490 e. The molecular weight excluding hydrogens is 284 g/mol. The first-order valence-corrected chi connectivity index (χ1v) is 8.88. The van der Waals surface area contributed by atoms with Crippen LogP contribution in [0.1, 0.15) is 33.1 Å². The predicted octanol–water partition coefficient (Wildman–Crippen LogP) is 3.82. The highest BCUT2D eigenvalue weighted by Gasteiger charge is 2.25. The van der Waals surface area contributed by atoms with Gasteiger partial charge in [-0.15, -0.1) is 0 Å². The summed E-state index contributed by atoms with van der Waals surface area (Å²) in [6.07, 6.45) is 3.52. The molecule has 1 aromatic carbocycles. The van der Waals surface area contributed by atoms with Gasteiger partial charge in [0.15, 0.2) is 0 Å². The highest BCUT2D eigenvalue weighted by atomic mass is 35.7. The van der Waals surface area contributed by atoms with E-state index in [0.29, 0.717) is 11.7 Å². The van der Waals surface area contributed by atoms with Gasteiger partial charge in [0.2, 0.25) is 0 Å². The van der Waals surface area contributed by atoms with Crippen molar-refractivity contribution in [3.63, 3.8) is 0 Å². The molecule has 0 aliphatic heterocycles. The summed E-state index contributed by atoms with van der Waals surface area (Å²) in [6, 6.07) is 6.29. The van der Waals surface area contributed by atoms with Gasteiger partial charge < -0.3 is 4.74 Å². The van der Waals surface area contributed by atoms with Crippen LogP contribution in [-0.4, -0.2) is 14.5 Å². The van der Waals surface area contributed by atoms with E-state index in [0.717, 1.165) is 18.8 Å². The highest BCUT2D eigenvalue weighted by Crippen LogP contribution is 2.32. The van der Waals surface area contributed by atoms with Crippen molar-refractivity contribution in [1.82, 2.24) is 0 Å². The third-order valence-corrected chi connectivity index (χ3v) is 5.33. The van der Waals surface area contributed by atoms with Crippen LogP contribution in [0.3, 0.4) is 0 Å². The van der Waals surface area contributed by atoms with Crippen LogP contribution < -0.4 is 4.74 Å². The molecule has 1 saturated carbocycles. The van der Waals surface area contributed by atoms with Crippen molar-refractivity contribution < 1.29 is 13.2 Å². The Bertz CT molecular complexity index is 524. The van der Waals surface area contributed by atoms with Crippen molar-refractivity contribution in [1.29, 1.82) is 0 Å². The van der Waals surface area contributed by atoms with Gasteiger partial charge >= 0.3 is 0 Å². The molecule has 0 aromatic heterocycles. The van der Waals surface area contributed by atoms with Crippen LogP contribution in [0.2, 0.25) is 0 Å². The van der Waals surface area contributed by atoms with Crippen molar-refractivity contribution in [2.75, 3.05) is 0 Å². The number of benzene rings is 1. The van der Waals surface area contributed by atoms with Gasteiger partial charge in [0.05, 0.1) is 11.0 Å². The average molecular weight is 303 g/mol. The molecule has 0 bridgehead atoms. The van der Waals surface area contributed by atoms with Crippen LogP contribution in [0.25, 0.3) is 0 Å². The Balaban J connectivity index is 2.00. The Morgan fingerprint density at radius 1 is 1.11 bits per heavy atom. The van der Waals surface area contributed by atoms with Gasteiger partial charge in [-0.05, 0) is 55.4 Å². The lowest BCUT2D eigenvalue weighted by Crippen LogP contribution is -2.28. The van der Waals surface area contributed by atoms with Crippen molar-refractivity contribution >= 4 is 19.7 Å². The second-order valence-corrected chi connectivity index (χ2v) is 7.98. The Morgan fingerprint density at radius 2 is 1.74 bits per heavy atom. The first kappa shape index (κ1) is 14.7. The molecule has 3 unspecified atom stereocenters. The third kappa shape index (κ3) is 3.86. The summed E-state index contributed by atoms with van der Waals surface area (Å²) in [6.45, 7) is 4.53. The fourth-order valence-corrected chi connectivity index (χ4v) is 3.25. The molecule has 5 heteroatoms. The molecule has 106 valence electrons. The second-order valence-electron chi connectivity index (χ2n) is 5.42. The number of halogens is 1. The van der Waals surface area contributed by atoms with Gasteiger partial charge in [-0.25, -0.2) is 8.42 Å². The molecule has 0 N–H and O–H groups in total. The lowest BCUT2D eigenvalue weighted by molar-refractivity contribution is 0.101. The molecule has 2 rings (SSSR count). The molecule has 0 amide bonds. The van der Waals surface area contributed by atoms with E-state index < -0.39 is 9.05 Å². The standard InChI is InChI=1S/C14H19ClO3S/c1-10-3-4-13(9-11(10)2)18-12-5-7-14(8-6-12)19(15,16)17/h5-8,10-11,13H,3-4,9H2,1-2H3. The Morgan fingerprint density at radius 3 is 2.26 bits per heavy atom. The summed E-state index contributed by atoms with van der Waals surface area (Å²) >= 11 is 0. The smallest absolute Gasteiger partial charge is 0.261 e. The highest BCUT2D eigenvalue weighted by molar-refractivity contribution is 8.13. The van der Waals surface area contributed by atoms with Crippen LogP contribution in [-0.2, 0) is 9.05 Å². The number of ether oxygens (including phenoxy) is 1. The first-order chi connectivity index (χ1) is 8.86. The van der Waals surface area contributed by atoms with Gasteiger partial charge in [0, 0.05) is 10.7 Å². The van der Waals surface area contributed by atoms with E-state index in [9.17, 15) is 8.42 Å². The van der Waals surface area contributed by atoms with Crippen molar-refractivity contribution in [2.45, 2.75) is 44.1 Å². The van der Waals surface area contributed by atoms with Crippen molar-refractivity contribution in [3.05, 3.63) is 24.3 Å². The molecule has 3 atom stereocenters. The van der Waals surface area contributed by atoms with Gasteiger partial charge in [-0.1, -0.05) is 13.8 Å². The Labute approximate surface area is 119 Å². The molecule has 3 nitrogen and oxygen atoms in total. The average Bonchev–Trinajstić information content (AvgIpc) is 2.33.